The summed E-state index contributed by atoms with van der Waals surface area (Å²) < 4.78 is 5.65. The zero-order valence-electron chi connectivity index (χ0n) is 14.8. The first-order valence-electron chi connectivity index (χ1n) is 8.52. The molecule has 27 heavy (non-hydrogen) atoms. The third-order valence-electron chi connectivity index (χ3n) is 3.78. The first-order valence-corrected chi connectivity index (χ1v) is 8.90. The van der Waals surface area contributed by atoms with Gasteiger partial charge in [-0.3, -0.25) is 9.78 Å². The van der Waals surface area contributed by atoms with Crippen LogP contribution in [0.1, 0.15) is 18.2 Å². The number of ether oxygens (including phenoxy) is 1. The molecule has 0 aliphatic rings. The number of nitrogens with zero attached hydrogens (tertiary/aromatic N) is 1. The Bertz CT molecular complexity index is 925. The van der Waals surface area contributed by atoms with Crippen LogP contribution in [0.15, 0.2) is 72.9 Å². The van der Waals surface area contributed by atoms with Gasteiger partial charge in [0.05, 0.1) is 5.69 Å². The highest BCUT2D eigenvalue weighted by molar-refractivity contribution is 6.30. The second-order valence-electron chi connectivity index (χ2n) is 5.92. The smallest absolute Gasteiger partial charge is 0.265 e. The number of carbonyl (C=O) groups is 1. The van der Waals surface area contributed by atoms with Gasteiger partial charge < -0.3 is 10.1 Å². The molecule has 3 rings (SSSR count). The fraction of sp³-hybridized carbons (Fsp3) is 0.0909. The topological polar surface area (TPSA) is 51.2 Å². The molecule has 0 bridgehead atoms. The Morgan fingerprint density at radius 1 is 1.07 bits per heavy atom. The van der Waals surface area contributed by atoms with E-state index >= 15 is 0 Å². The zero-order valence-corrected chi connectivity index (χ0v) is 15.6. The number of benzene rings is 2. The lowest BCUT2D eigenvalue weighted by Crippen LogP contribution is -2.30. The lowest BCUT2D eigenvalue weighted by Gasteiger charge is -2.15. The molecule has 5 heteroatoms. The molecule has 1 aromatic heterocycles. The molecule has 2 aromatic carbocycles. The van der Waals surface area contributed by atoms with Gasteiger partial charge in [0.15, 0.2) is 6.10 Å². The molecule has 0 aliphatic heterocycles. The number of aromatic nitrogens is 1. The van der Waals surface area contributed by atoms with Gasteiger partial charge in [0.1, 0.15) is 5.75 Å². The zero-order chi connectivity index (χ0) is 19.1. The summed E-state index contributed by atoms with van der Waals surface area (Å²) >= 11 is 5.85. The van der Waals surface area contributed by atoms with Crippen LogP contribution in [-0.4, -0.2) is 17.0 Å². The minimum absolute atomic E-state index is 0.226. The minimum atomic E-state index is -0.640. The highest BCUT2D eigenvalue weighted by Gasteiger charge is 2.14. The van der Waals surface area contributed by atoms with Gasteiger partial charge in [-0.1, -0.05) is 35.9 Å². The molecule has 0 saturated heterocycles. The van der Waals surface area contributed by atoms with E-state index in [4.69, 9.17) is 16.3 Å². The fourth-order valence-electron chi connectivity index (χ4n) is 2.39. The molecular formula is C22H19ClN2O2. The van der Waals surface area contributed by atoms with Crippen molar-refractivity contribution in [2.24, 2.45) is 0 Å². The molecule has 1 atom stereocenters. The predicted octanol–water partition coefficient (Wildman–Crippen LogP) is 5.31. The molecule has 136 valence electrons. The molecule has 1 heterocycles. The molecule has 1 N–H and O–H groups in total. The molecule has 0 spiro atoms. The number of carbonyl (C=O) groups excluding carboxylic acids is 1. The molecular weight excluding hydrogens is 360 g/mol. The summed E-state index contributed by atoms with van der Waals surface area (Å²) in [7, 11) is 0. The van der Waals surface area contributed by atoms with Crippen molar-refractivity contribution in [3.8, 4) is 5.75 Å². The minimum Gasteiger partial charge on any atom is -0.481 e. The molecule has 4 nitrogen and oxygen atoms in total. The number of hydrogen-bond acceptors (Lipinski definition) is 3. The van der Waals surface area contributed by atoms with Gasteiger partial charge >= 0.3 is 0 Å². The Morgan fingerprint density at radius 3 is 2.63 bits per heavy atom. The third kappa shape index (κ3) is 5.69. The Balaban J connectivity index is 1.62. The second kappa shape index (κ2) is 9.01. The van der Waals surface area contributed by atoms with Crippen LogP contribution in [0.4, 0.5) is 5.69 Å². The van der Waals surface area contributed by atoms with E-state index in [-0.39, 0.29) is 5.91 Å². The predicted molar refractivity (Wildman–Crippen MR) is 110 cm³/mol. The molecule has 0 radical (unpaired) electrons. The van der Waals surface area contributed by atoms with Gasteiger partial charge in [0.25, 0.3) is 5.91 Å². The van der Waals surface area contributed by atoms with E-state index < -0.39 is 6.10 Å². The van der Waals surface area contributed by atoms with E-state index in [1.807, 2.05) is 54.6 Å². The van der Waals surface area contributed by atoms with Crippen LogP contribution in [0.2, 0.25) is 5.02 Å². The average molecular weight is 379 g/mol. The molecule has 0 fully saturated rings. The monoisotopic (exact) mass is 378 g/mol. The van der Waals surface area contributed by atoms with Crippen LogP contribution in [0.5, 0.6) is 5.75 Å². The fourth-order valence-corrected chi connectivity index (χ4v) is 2.52. The summed E-state index contributed by atoms with van der Waals surface area (Å²) in [6, 6.07) is 20.2. The molecule has 3 aromatic rings. The van der Waals surface area contributed by atoms with Crippen molar-refractivity contribution in [2.45, 2.75) is 13.0 Å². The summed E-state index contributed by atoms with van der Waals surface area (Å²) in [6.07, 6.45) is 4.98. The number of pyridine rings is 1. The number of nitrogens with one attached hydrogen (secondary N) is 1. The van der Waals surface area contributed by atoms with Crippen LogP contribution >= 0.6 is 11.6 Å². The van der Waals surface area contributed by atoms with Crippen molar-refractivity contribution in [2.75, 3.05) is 5.32 Å². The Hall–Kier alpha value is -3.11. The standard InChI is InChI=1S/C22H19ClN2O2/c1-16(27-21-12-9-18(23)10-13-21)22(26)25-20-7-4-5-17(15-20)8-11-19-6-2-3-14-24-19/h2-16H,1H3,(H,25,26)/b11-8+. The van der Waals surface area contributed by atoms with E-state index in [1.54, 1.807) is 37.4 Å². The highest BCUT2D eigenvalue weighted by Crippen LogP contribution is 2.18. The summed E-state index contributed by atoms with van der Waals surface area (Å²) in [5, 5.41) is 3.49. The quantitative estimate of drug-likeness (QED) is 0.632. The van der Waals surface area contributed by atoms with E-state index in [1.165, 1.54) is 0 Å². The van der Waals surface area contributed by atoms with Crippen molar-refractivity contribution in [1.82, 2.24) is 4.98 Å². The number of halogens is 1. The Morgan fingerprint density at radius 2 is 1.89 bits per heavy atom. The van der Waals surface area contributed by atoms with E-state index in [0.717, 1.165) is 11.3 Å². The maximum Gasteiger partial charge on any atom is 0.265 e. The highest BCUT2D eigenvalue weighted by atomic mass is 35.5. The largest absolute Gasteiger partial charge is 0.481 e. The first kappa shape index (κ1) is 18.7. The normalized spacial score (nSPS) is 11.9. The summed E-state index contributed by atoms with van der Waals surface area (Å²) in [5.41, 5.74) is 2.54. The van der Waals surface area contributed by atoms with Gasteiger partial charge in [0, 0.05) is 16.9 Å². The molecule has 1 amide bonds. The van der Waals surface area contributed by atoms with E-state index in [9.17, 15) is 4.79 Å². The van der Waals surface area contributed by atoms with Gasteiger partial charge in [-0.15, -0.1) is 0 Å². The first-order chi connectivity index (χ1) is 13.1. The van der Waals surface area contributed by atoms with Crippen molar-refractivity contribution in [1.29, 1.82) is 0 Å². The second-order valence-corrected chi connectivity index (χ2v) is 6.35. The van der Waals surface area contributed by atoms with Gasteiger partial charge in [-0.2, -0.15) is 0 Å². The van der Waals surface area contributed by atoms with Crippen LogP contribution in [-0.2, 0) is 4.79 Å². The van der Waals surface area contributed by atoms with Crippen LogP contribution in [0.3, 0.4) is 0 Å². The maximum atomic E-state index is 12.4. The van der Waals surface area contributed by atoms with Crippen molar-refractivity contribution >= 4 is 35.3 Å². The van der Waals surface area contributed by atoms with E-state index in [0.29, 0.717) is 16.5 Å². The number of amides is 1. The lowest BCUT2D eigenvalue weighted by molar-refractivity contribution is -0.122. The Labute approximate surface area is 163 Å². The molecule has 1 unspecified atom stereocenters. The maximum absolute atomic E-state index is 12.4. The number of rotatable bonds is 6. The third-order valence-corrected chi connectivity index (χ3v) is 4.04. The number of anilines is 1. The van der Waals surface area contributed by atoms with Crippen LogP contribution in [0, 0.1) is 0 Å². The summed E-state index contributed by atoms with van der Waals surface area (Å²) in [5.74, 6) is 0.366. The average Bonchev–Trinajstić information content (AvgIpc) is 2.69. The van der Waals surface area contributed by atoms with Crippen molar-refractivity contribution < 1.29 is 9.53 Å². The molecule has 0 aliphatic carbocycles. The van der Waals surface area contributed by atoms with Gasteiger partial charge in [0.2, 0.25) is 0 Å². The molecule has 0 saturated carbocycles. The van der Waals surface area contributed by atoms with Gasteiger partial charge in [-0.05, 0) is 67.1 Å². The SMILES string of the molecule is CC(Oc1ccc(Cl)cc1)C(=O)Nc1cccc(/C=C/c2ccccn2)c1. The lowest BCUT2D eigenvalue weighted by atomic mass is 10.1. The van der Waals surface area contributed by atoms with Crippen molar-refractivity contribution in [3.05, 3.63) is 89.2 Å². The summed E-state index contributed by atoms with van der Waals surface area (Å²) in [4.78, 5) is 16.6. The van der Waals surface area contributed by atoms with E-state index in [2.05, 4.69) is 10.3 Å². The van der Waals surface area contributed by atoms with Gasteiger partial charge in [-0.25, -0.2) is 0 Å². The van der Waals surface area contributed by atoms with Crippen molar-refractivity contribution in [3.63, 3.8) is 0 Å². The number of hydrogen-bond donors (Lipinski definition) is 1. The van der Waals surface area contributed by atoms with Crippen LogP contribution in [0.25, 0.3) is 12.2 Å². The summed E-state index contributed by atoms with van der Waals surface area (Å²) in [6.45, 7) is 1.70. The van der Waals surface area contributed by atoms with Crippen LogP contribution < -0.4 is 10.1 Å². The Kier molecular flexibility index (Phi) is 6.23.